The zero-order valence-corrected chi connectivity index (χ0v) is 17.9. The van der Waals surface area contributed by atoms with Gasteiger partial charge in [0.25, 0.3) is 0 Å². The van der Waals surface area contributed by atoms with Crippen molar-refractivity contribution < 1.29 is 41.0 Å². The molecule has 0 aliphatic carbocycles. The van der Waals surface area contributed by atoms with E-state index in [0.29, 0.717) is 28.2 Å². The van der Waals surface area contributed by atoms with Crippen LogP contribution < -0.4 is 4.74 Å². The highest BCUT2D eigenvalue weighted by Gasteiger charge is 2.35. The molecule has 0 saturated heterocycles. The Bertz CT molecular complexity index is 1110. The Labute approximate surface area is 187 Å². The van der Waals surface area contributed by atoms with E-state index in [9.17, 15) is 31.1 Å². The summed E-state index contributed by atoms with van der Waals surface area (Å²) in [6.45, 7) is -0.880. The largest absolute Gasteiger partial charge is 0.481 e. The lowest BCUT2D eigenvalue weighted by molar-refractivity contribution is -0.143. The Balaban J connectivity index is 1.61. The lowest BCUT2D eigenvalue weighted by Gasteiger charge is -2.14. The third-order valence-corrected chi connectivity index (χ3v) is 6.58. The Hall–Kier alpha value is -2.40. The number of thioether (sulfide) groups is 1. The number of rotatable bonds is 8. The van der Waals surface area contributed by atoms with E-state index < -0.39 is 41.8 Å². The Morgan fingerprint density at radius 1 is 1.00 bits per heavy atom. The molecular weight excluding hydrogens is 478 g/mol. The number of ether oxygens (including phenoxy) is 1. The summed E-state index contributed by atoms with van der Waals surface area (Å²) in [4.78, 5) is 11.8. The first-order chi connectivity index (χ1) is 14.9. The monoisotopic (exact) mass is 494 g/mol. The SMILES string of the molecule is O=C(O)COc1ccc(SCCCc2cc3ccc(C(F)(F)F)cc3s2)cc1C(F)(F)F. The van der Waals surface area contributed by atoms with E-state index in [1.807, 2.05) is 6.07 Å². The molecule has 0 aliphatic heterocycles. The summed E-state index contributed by atoms with van der Waals surface area (Å²) in [5.41, 5.74) is -1.75. The van der Waals surface area contributed by atoms with Gasteiger partial charge in [-0.3, -0.25) is 0 Å². The molecule has 172 valence electrons. The molecule has 1 heterocycles. The maximum atomic E-state index is 13.3. The minimum absolute atomic E-state index is 0.353. The van der Waals surface area contributed by atoms with E-state index in [-0.39, 0.29) is 0 Å². The van der Waals surface area contributed by atoms with Gasteiger partial charge in [0, 0.05) is 14.5 Å². The highest BCUT2D eigenvalue weighted by atomic mass is 32.2. The van der Waals surface area contributed by atoms with Gasteiger partial charge in [0.1, 0.15) is 5.75 Å². The van der Waals surface area contributed by atoms with Gasteiger partial charge >= 0.3 is 18.3 Å². The molecule has 0 bridgehead atoms. The van der Waals surface area contributed by atoms with Gasteiger partial charge < -0.3 is 9.84 Å². The Morgan fingerprint density at radius 2 is 1.75 bits per heavy atom. The standard InChI is InChI=1S/C21H16F6O3S2/c22-20(23,24)13-4-3-12-8-15(32-18(12)9-13)2-1-7-31-14-5-6-17(30-11-19(28)29)16(10-14)21(25,26)27/h3-6,8-10H,1-2,7,11H2,(H,28,29). The fourth-order valence-electron chi connectivity index (χ4n) is 2.91. The zero-order chi connectivity index (χ0) is 23.5. The smallest absolute Gasteiger partial charge is 0.420 e. The van der Waals surface area contributed by atoms with E-state index in [1.165, 1.54) is 35.2 Å². The van der Waals surface area contributed by atoms with Crippen LogP contribution in [0, 0.1) is 0 Å². The van der Waals surface area contributed by atoms with E-state index in [1.54, 1.807) is 0 Å². The zero-order valence-electron chi connectivity index (χ0n) is 16.2. The quantitative estimate of drug-likeness (QED) is 0.206. The third-order valence-electron chi connectivity index (χ3n) is 4.34. The molecule has 0 fully saturated rings. The predicted molar refractivity (Wildman–Crippen MR) is 110 cm³/mol. The highest BCUT2D eigenvalue weighted by Crippen LogP contribution is 2.39. The molecule has 3 nitrogen and oxygen atoms in total. The number of aryl methyl sites for hydroxylation is 1. The molecule has 0 aliphatic rings. The van der Waals surface area contributed by atoms with Crippen LogP contribution in [0.25, 0.3) is 10.1 Å². The molecule has 0 radical (unpaired) electrons. The molecule has 11 heteroatoms. The van der Waals surface area contributed by atoms with Crippen LogP contribution in [-0.4, -0.2) is 23.4 Å². The molecule has 3 aromatic rings. The molecule has 1 aromatic heterocycles. The summed E-state index contributed by atoms with van der Waals surface area (Å²) in [6.07, 6.45) is -7.91. The van der Waals surface area contributed by atoms with Crippen molar-refractivity contribution in [2.75, 3.05) is 12.4 Å². The first-order valence-electron chi connectivity index (χ1n) is 9.22. The number of hydrogen-bond acceptors (Lipinski definition) is 4. The van der Waals surface area contributed by atoms with Crippen molar-refractivity contribution in [2.45, 2.75) is 30.1 Å². The second kappa shape index (κ2) is 9.62. The van der Waals surface area contributed by atoms with Crippen LogP contribution in [0.4, 0.5) is 26.3 Å². The van der Waals surface area contributed by atoms with Crippen LogP contribution >= 0.6 is 23.1 Å². The van der Waals surface area contributed by atoms with Gasteiger partial charge in [0.2, 0.25) is 0 Å². The maximum Gasteiger partial charge on any atom is 0.420 e. The van der Waals surface area contributed by atoms with Crippen LogP contribution in [0.5, 0.6) is 5.75 Å². The fraction of sp³-hybridized carbons (Fsp3) is 0.286. The third kappa shape index (κ3) is 6.32. The van der Waals surface area contributed by atoms with Gasteiger partial charge in [-0.25, -0.2) is 4.79 Å². The number of alkyl halides is 6. The topological polar surface area (TPSA) is 46.5 Å². The van der Waals surface area contributed by atoms with E-state index in [2.05, 4.69) is 0 Å². The van der Waals surface area contributed by atoms with E-state index in [0.717, 1.165) is 34.5 Å². The molecule has 2 aromatic carbocycles. The first-order valence-corrected chi connectivity index (χ1v) is 11.0. The summed E-state index contributed by atoms with van der Waals surface area (Å²) >= 11 is 2.47. The van der Waals surface area contributed by atoms with Gasteiger partial charge in [-0.15, -0.1) is 23.1 Å². The number of carboxylic acids is 1. The number of hydrogen-bond donors (Lipinski definition) is 1. The van der Waals surface area contributed by atoms with Gasteiger partial charge in [0.05, 0.1) is 11.1 Å². The number of thiophene rings is 1. The molecular formula is C21H16F6O3S2. The molecule has 3 rings (SSSR count). The normalized spacial score (nSPS) is 12.3. The molecule has 0 atom stereocenters. The van der Waals surface area contributed by atoms with Crippen LogP contribution in [0.1, 0.15) is 22.4 Å². The van der Waals surface area contributed by atoms with Crippen molar-refractivity contribution in [1.82, 2.24) is 0 Å². The molecule has 32 heavy (non-hydrogen) atoms. The van der Waals surface area contributed by atoms with Crippen molar-refractivity contribution in [3.63, 3.8) is 0 Å². The first kappa shape index (κ1) is 24.2. The van der Waals surface area contributed by atoms with Crippen LogP contribution in [-0.2, 0) is 23.6 Å². The molecule has 1 N–H and O–H groups in total. The van der Waals surface area contributed by atoms with Gasteiger partial charge in [-0.05, 0) is 60.4 Å². The van der Waals surface area contributed by atoms with Crippen molar-refractivity contribution in [1.29, 1.82) is 0 Å². The summed E-state index contributed by atoms with van der Waals surface area (Å²) in [6, 6.07) is 8.84. The average molecular weight is 494 g/mol. The lowest BCUT2D eigenvalue weighted by Crippen LogP contribution is -2.14. The van der Waals surface area contributed by atoms with Crippen molar-refractivity contribution in [2.24, 2.45) is 0 Å². The van der Waals surface area contributed by atoms with Crippen LogP contribution in [0.15, 0.2) is 47.4 Å². The van der Waals surface area contributed by atoms with Gasteiger partial charge in [0.15, 0.2) is 6.61 Å². The van der Waals surface area contributed by atoms with Crippen LogP contribution in [0.3, 0.4) is 0 Å². The summed E-state index contributed by atoms with van der Waals surface area (Å²) < 4.78 is 83.5. The molecule has 0 spiro atoms. The Kier molecular flexibility index (Phi) is 7.29. The van der Waals surface area contributed by atoms with Crippen molar-refractivity contribution >= 4 is 39.2 Å². The second-order valence-corrected chi connectivity index (χ2v) is 9.09. The summed E-state index contributed by atoms with van der Waals surface area (Å²) in [5.74, 6) is -1.44. The van der Waals surface area contributed by atoms with E-state index >= 15 is 0 Å². The lowest BCUT2D eigenvalue weighted by atomic mass is 10.1. The number of benzene rings is 2. The van der Waals surface area contributed by atoms with E-state index in [4.69, 9.17) is 9.84 Å². The number of carboxylic acid groups (broad SMARTS) is 1. The number of aliphatic carboxylic acids is 1. The van der Waals surface area contributed by atoms with Crippen molar-refractivity contribution in [3.8, 4) is 5.75 Å². The van der Waals surface area contributed by atoms with Gasteiger partial charge in [-0.2, -0.15) is 26.3 Å². The predicted octanol–water partition coefficient (Wildman–Crippen LogP) is 7.13. The van der Waals surface area contributed by atoms with Gasteiger partial charge in [-0.1, -0.05) is 6.07 Å². The number of carbonyl (C=O) groups is 1. The average Bonchev–Trinajstić information content (AvgIpc) is 3.10. The number of fused-ring (bicyclic) bond motifs is 1. The van der Waals surface area contributed by atoms with Crippen LogP contribution in [0.2, 0.25) is 0 Å². The minimum Gasteiger partial charge on any atom is -0.481 e. The molecule has 0 saturated carbocycles. The highest BCUT2D eigenvalue weighted by molar-refractivity contribution is 7.99. The fourth-order valence-corrected chi connectivity index (χ4v) is 4.94. The Morgan fingerprint density at radius 3 is 2.41 bits per heavy atom. The molecule has 0 unspecified atom stereocenters. The number of halogens is 6. The molecule has 0 amide bonds. The minimum atomic E-state index is -4.70. The maximum absolute atomic E-state index is 13.3. The summed E-state index contributed by atoms with van der Waals surface area (Å²) in [5, 5.41) is 9.32. The van der Waals surface area contributed by atoms with Crippen molar-refractivity contribution in [3.05, 3.63) is 58.5 Å². The summed E-state index contributed by atoms with van der Waals surface area (Å²) in [7, 11) is 0. The second-order valence-electron chi connectivity index (χ2n) is 6.75.